The topological polar surface area (TPSA) is 86.8 Å². The van der Waals surface area contributed by atoms with E-state index >= 15 is 0 Å². The lowest BCUT2D eigenvalue weighted by atomic mass is 10.0. The highest BCUT2D eigenvalue weighted by Gasteiger charge is 2.34. The molecule has 0 heterocycles. The fraction of sp³-hybridized carbons (Fsp3) is 0.355. The number of rotatable bonds is 12. The summed E-state index contributed by atoms with van der Waals surface area (Å²) in [4.78, 5) is 29.3. The summed E-state index contributed by atoms with van der Waals surface area (Å²) in [5.41, 5.74) is 3.73. The number of benzene rings is 3. The van der Waals surface area contributed by atoms with Gasteiger partial charge in [-0.3, -0.25) is 13.9 Å². The number of anilines is 1. The average molecular weight is 550 g/mol. The number of nitrogens with one attached hydrogen (secondary N) is 1. The molecule has 2 atom stereocenters. The molecule has 0 radical (unpaired) electrons. The Bertz CT molecular complexity index is 1340. The SMILES string of the molecule is CC[C@@H](C)NC(=O)[C@@H](Cc1ccccc1)N(Cc1ccccc1)C(=O)CN(c1c(C)cccc1C)S(C)(=O)=O. The minimum atomic E-state index is -3.81. The molecule has 3 aromatic carbocycles. The third kappa shape index (κ3) is 8.17. The van der Waals surface area contributed by atoms with E-state index < -0.39 is 28.5 Å². The van der Waals surface area contributed by atoms with Crippen LogP contribution in [0.3, 0.4) is 0 Å². The lowest BCUT2D eigenvalue weighted by Crippen LogP contribution is -2.54. The summed E-state index contributed by atoms with van der Waals surface area (Å²) in [7, 11) is -3.81. The Morgan fingerprint density at radius 1 is 0.846 bits per heavy atom. The molecule has 0 aliphatic heterocycles. The predicted molar refractivity (Wildman–Crippen MR) is 157 cm³/mol. The van der Waals surface area contributed by atoms with Gasteiger partial charge in [0.1, 0.15) is 12.6 Å². The van der Waals surface area contributed by atoms with E-state index in [4.69, 9.17) is 0 Å². The maximum Gasteiger partial charge on any atom is 0.244 e. The van der Waals surface area contributed by atoms with Crippen molar-refractivity contribution in [1.82, 2.24) is 10.2 Å². The van der Waals surface area contributed by atoms with Gasteiger partial charge in [-0.2, -0.15) is 0 Å². The van der Waals surface area contributed by atoms with Crippen molar-refractivity contribution in [2.45, 2.75) is 59.2 Å². The van der Waals surface area contributed by atoms with Crippen LogP contribution in [0.25, 0.3) is 0 Å². The molecule has 208 valence electrons. The van der Waals surface area contributed by atoms with Crippen LogP contribution in [0.1, 0.15) is 42.5 Å². The van der Waals surface area contributed by atoms with Gasteiger partial charge in [0.2, 0.25) is 21.8 Å². The van der Waals surface area contributed by atoms with Gasteiger partial charge in [0.05, 0.1) is 11.9 Å². The molecule has 7 nitrogen and oxygen atoms in total. The number of amides is 2. The summed E-state index contributed by atoms with van der Waals surface area (Å²) in [6.45, 7) is 7.30. The van der Waals surface area contributed by atoms with Crippen LogP contribution < -0.4 is 9.62 Å². The van der Waals surface area contributed by atoms with Crippen molar-refractivity contribution >= 4 is 27.5 Å². The Morgan fingerprint density at radius 3 is 1.90 bits per heavy atom. The van der Waals surface area contributed by atoms with Crippen molar-refractivity contribution in [2.24, 2.45) is 0 Å². The fourth-order valence-corrected chi connectivity index (χ4v) is 5.51. The minimum Gasteiger partial charge on any atom is -0.352 e. The van der Waals surface area contributed by atoms with Crippen molar-refractivity contribution in [3.8, 4) is 0 Å². The molecule has 0 aliphatic carbocycles. The van der Waals surface area contributed by atoms with Crippen LogP contribution in [0.4, 0.5) is 5.69 Å². The van der Waals surface area contributed by atoms with E-state index in [0.29, 0.717) is 12.1 Å². The zero-order chi connectivity index (χ0) is 28.6. The monoisotopic (exact) mass is 549 g/mol. The Labute approximate surface area is 232 Å². The molecule has 0 spiro atoms. The summed E-state index contributed by atoms with van der Waals surface area (Å²) >= 11 is 0. The normalized spacial score (nSPS) is 12.8. The summed E-state index contributed by atoms with van der Waals surface area (Å²) in [6.07, 6.45) is 2.14. The number of nitrogens with zero attached hydrogens (tertiary/aromatic N) is 2. The minimum absolute atomic E-state index is 0.0772. The van der Waals surface area contributed by atoms with Crippen molar-refractivity contribution in [2.75, 3.05) is 17.1 Å². The van der Waals surface area contributed by atoms with Crippen molar-refractivity contribution in [1.29, 1.82) is 0 Å². The van der Waals surface area contributed by atoms with Crippen LogP contribution in [-0.4, -0.2) is 50.0 Å². The van der Waals surface area contributed by atoms with E-state index in [9.17, 15) is 18.0 Å². The molecule has 0 aromatic heterocycles. The molecular weight excluding hydrogens is 510 g/mol. The van der Waals surface area contributed by atoms with Gasteiger partial charge >= 0.3 is 0 Å². The molecule has 2 amide bonds. The number of hydrogen-bond donors (Lipinski definition) is 1. The summed E-state index contributed by atoms with van der Waals surface area (Å²) < 4.78 is 27.2. The molecule has 3 aromatic rings. The number of aryl methyl sites for hydroxylation is 2. The second-order valence-electron chi connectivity index (χ2n) is 10.0. The van der Waals surface area contributed by atoms with Crippen LogP contribution in [0, 0.1) is 13.8 Å². The van der Waals surface area contributed by atoms with Crippen LogP contribution >= 0.6 is 0 Å². The molecule has 0 saturated carbocycles. The first-order valence-electron chi connectivity index (χ1n) is 13.2. The van der Waals surface area contributed by atoms with Gasteiger partial charge in [0.25, 0.3) is 0 Å². The molecule has 0 bridgehead atoms. The first-order valence-corrected chi connectivity index (χ1v) is 15.1. The van der Waals surface area contributed by atoms with Gasteiger partial charge in [-0.05, 0) is 49.4 Å². The molecule has 0 fully saturated rings. The van der Waals surface area contributed by atoms with Crippen LogP contribution in [0.15, 0.2) is 78.9 Å². The first kappa shape index (κ1) is 29.9. The van der Waals surface area contributed by atoms with Crippen LogP contribution in [0.2, 0.25) is 0 Å². The largest absolute Gasteiger partial charge is 0.352 e. The molecule has 0 aliphatic rings. The lowest BCUT2D eigenvalue weighted by molar-refractivity contribution is -0.140. The number of para-hydroxylation sites is 1. The second-order valence-corrected chi connectivity index (χ2v) is 11.9. The van der Waals surface area contributed by atoms with Crippen LogP contribution in [-0.2, 0) is 32.6 Å². The third-order valence-electron chi connectivity index (χ3n) is 6.84. The Hall–Kier alpha value is -3.65. The third-order valence-corrected chi connectivity index (χ3v) is 7.95. The smallest absolute Gasteiger partial charge is 0.244 e. The highest BCUT2D eigenvalue weighted by atomic mass is 32.2. The molecule has 1 N–H and O–H groups in total. The maximum absolute atomic E-state index is 14.1. The van der Waals surface area contributed by atoms with Crippen molar-refractivity contribution in [3.63, 3.8) is 0 Å². The first-order chi connectivity index (χ1) is 18.5. The summed E-state index contributed by atoms with van der Waals surface area (Å²) in [5, 5.41) is 3.04. The van der Waals surface area contributed by atoms with Gasteiger partial charge < -0.3 is 10.2 Å². The Kier molecular flexibility index (Phi) is 10.3. The number of sulfonamides is 1. The van der Waals surface area contributed by atoms with E-state index in [-0.39, 0.29) is 18.5 Å². The van der Waals surface area contributed by atoms with E-state index in [1.807, 2.05) is 107 Å². The average Bonchev–Trinajstić information content (AvgIpc) is 2.90. The van der Waals surface area contributed by atoms with Crippen molar-refractivity contribution in [3.05, 3.63) is 101 Å². The Morgan fingerprint density at radius 2 is 1.38 bits per heavy atom. The highest BCUT2D eigenvalue weighted by Crippen LogP contribution is 2.27. The predicted octanol–water partition coefficient (Wildman–Crippen LogP) is 4.62. The van der Waals surface area contributed by atoms with Gasteiger partial charge in [-0.15, -0.1) is 0 Å². The van der Waals surface area contributed by atoms with E-state index in [1.165, 1.54) is 4.90 Å². The molecule has 0 unspecified atom stereocenters. The van der Waals surface area contributed by atoms with E-state index in [1.54, 1.807) is 0 Å². The second kappa shape index (κ2) is 13.4. The van der Waals surface area contributed by atoms with Gasteiger partial charge in [-0.25, -0.2) is 8.42 Å². The maximum atomic E-state index is 14.1. The number of carbonyl (C=O) groups is 2. The molecule has 0 saturated heterocycles. The van der Waals surface area contributed by atoms with Crippen LogP contribution in [0.5, 0.6) is 0 Å². The fourth-order valence-electron chi connectivity index (χ4n) is 4.55. The zero-order valence-corrected chi connectivity index (χ0v) is 24.2. The van der Waals surface area contributed by atoms with E-state index in [2.05, 4.69) is 5.32 Å². The molecule has 8 heteroatoms. The number of hydrogen-bond acceptors (Lipinski definition) is 4. The molecule has 39 heavy (non-hydrogen) atoms. The standard InChI is InChI=1S/C31H39N3O4S/c1-6-25(4)32-31(36)28(20-26-16-9-7-10-17-26)33(21-27-18-11-8-12-19-27)29(35)22-34(39(5,37)38)30-23(2)14-13-15-24(30)3/h7-19,25,28H,6,20-22H2,1-5H3,(H,32,36)/t25-,28-/m1/s1. The lowest BCUT2D eigenvalue weighted by Gasteiger charge is -2.34. The summed E-state index contributed by atoms with van der Waals surface area (Å²) in [6, 6.07) is 23.6. The molecule has 3 rings (SSSR count). The number of carbonyl (C=O) groups excluding carboxylic acids is 2. The van der Waals surface area contributed by atoms with Gasteiger partial charge in [0.15, 0.2) is 0 Å². The Balaban J connectivity index is 2.07. The highest BCUT2D eigenvalue weighted by molar-refractivity contribution is 7.92. The summed E-state index contributed by atoms with van der Waals surface area (Å²) in [5.74, 6) is -0.720. The quantitative estimate of drug-likeness (QED) is 0.357. The van der Waals surface area contributed by atoms with Crippen molar-refractivity contribution < 1.29 is 18.0 Å². The van der Waals surface area contributed by atoms with Gasteiger partial charge in [-0.1, -0.05) is 85.8 Å². The molecular formula is C31H39N3O4S. The van der Waals surface area contributed by atoms with E-state index in [0.717, 1.165) is 39.2 Å². The van der Waals surface area contributed by atoms with Gasteiger partial charge in [0, 0.05) is 19.0 Å². The zero-order valence-electron chi connectivity index (χ0n) is 23.4.